The Hall–Kier alpha value is -3.38. The summed E-state index contributed by atoms with van der Waals surface area (Å²) in [7, 11) is 0. The second-order valence-corrected chi connectivity index (χ2v) is 7.69. The summed E-state index contributed by atoms with van der Waals surface area (Å²) in [6, 6.07) is 17.9. The lowest BCUT2D eigenvalue weighted by Crippen LogP contribution is -2.32. The van der Waals surface area contributed by atoms with E-state index >= 15 is 0 Å². The Labute approximate surface area is 180 Å². The van der Waals surface area contributed by atoms with E-state index in [1.807, 2.05) is 44.2 Å². The zero-order valence-electron chi connectivity index (χ0n) is 17.4. The van der Waals surface area contributed by atoms with Crippen LogP contribution >= 0.6 is 0 Å². The molecule has 0 bridgehead atoms. The minimum Gasteiger partial charge on any atom is -0.467 e. The fraction of sp³-hybridized carbons (Fsp3) is 0.280. The summed E-state index contributed by atoms with van der Waals surface area (Å²) in [6.07, 6.45) is 0.428. The average molecular weight is 420 g/mol. The van der Waals surface area contributed by atoms with E-state index < -0.39 is 24.1 Å². The first-order valence-corrected chi connectivity index (χ1v) is 10.2. The summed E-state index contributed by atoms with van der Waals surface area (Å²) >= 11 is 0. The molecule has 0 radical (unpaired) electrons. The third kappa shape index (κ3) is 5.03. The van der Waals surface area contributed by atoms with E-state index in [-0.39, 0.29) is 12.7 Å². The molecule has 1 aliphatic rings. The van der Waals surface area contributed by atoms with Crippen LogP contribution in [0, 0.1) is 13.8 Å². The molecule has 0 N–H and O–H groups in total. The van der Waals surface area contributed by atoms with Crippen molar-refractivity contribution in [1.82, 2.24) is 0 Å². The fourth-order valence-electron chi connectivity index (χ4n) is 3.47. The number of ether oxygens (including phenoxy) is 3. The van der Waals surface area contributed by atoms with Crippen LogP contribution in [0.25, 0.3) is 0 Å². The van der Waals surface area contributed by atoms with Gasteiger partial charge < -0.3 is 18.6 Å². The van der Waals surface area contributed by atoms with Crippen LogP contribution in [0.1, 0.15) is 50.1 Å². The van der Waals surface area contributed by atoms with Crippen LogP contribution in [0.3, 0.4) is 0 Å². The minimum absolute atomic E-state index is 0.0320. The summed E-state index contributed by atoms with van der Waals surface area (Å²) in [5.41, 5.74) is 3.03. The fourth-order valence-corrected chi connectivity index (χ4v) is 3.47. The maximum atomic E-state index is 12.6. The number of esters is 2. The molecule has 1 aliphatic heterocycles. The molecule has 6 nitrogen and oxygen atoms in total. The number of hydrogen-bond acceptors (Lipinski definition) is 6. The van der Waals surface area contributed by atoms with E-state index in [4.69, 9.17) is 18.6 Å². The van der Waals surface area contributed by atoms with Gasteiger partial charge in [-0.2, -0.15) is 0 Å². The molecule has 1 aromatic heterocycles. The van der Waals surface area contributed by atoms with Crippen molar-refractivity contribution in [1.29, 1.82) is 0 Å². The molecule has 0 unspecified atom stereocenters. The molecule has 4 rings (SSSR count). The van der Waals surface area contributed by atoms with Crippen LogP contribution in [0.4, 0.5) is 0 Å². The van der Waals surface area contributed by atoms with Crippen LogP contribution in [-0.4, -0.2) is 30.8 Å². The molecule has 2 heterocycles. The van der Waals surface area contributed by atoms with Gasteiger partial charge in [0.1, 0.15) is 30.7 Å². The molecule has 160 valence electrons. The predicted octanol–water partition coefficient (Wildman–Crippen LogP) is 4.81. The van der Waals surface area contributed by atoms with Crippen LogP contribution in [0.5, 0.6) is 0 Å². The molecule has 1 saturated heterocycles. The number of benzene rings is 2. The van der Waals surface area contributed by atoms with Gasteiger partial charge in [0.25, 0.3) is 0 Å². The van der Waals surface area contributed by atoms with Gasteiger partial charge in [0.05, 0.1) is 17.4 Å². The van der Waals surface area contributed by atoms with Crippen molar-refractivity contribution in [3.05, 3.63) is 94.9 Å². The van der Waals surface area contributed by atoms with Crippen molar-refractivity contribution < 1.29 is 28.2 Å². The first kappa shape index (κ1) is 20.9. The summed E-state index contributed by atoms with van der Waals surface area (Å²) in [5, 5.41) is 0. The Morgan fingerprint density at radius 3 is 2.10 bits per heavy atom. The monoisotopic (exact) mass is 420 g/mol. The third-order valence-corrected chi connectivity index (χ3v) is 5.27. The molecule has 0 saturated carbocycles. The summed E-state index contributed by atoms with van der Waals surface area (Å²) in [5.74, 6) is -0.249. The van der Waals surface area contributed by atoms with Gasteiger partial charge >= 0.3 is 11.9 Å². The zero-order chi connectivity index (χ0) is 21.8. The number of carbonyl (C=O) groups is 2. The molecule has 6 heteroatoms. The SMILES string of the molecule is Cc1ccc(C(=O)OC[C@H]2O[C@@H](c3ccco3)C[C@@H]2OC(=O)c2ccc(C)cc2)cc1. The van der Waals surface area contributed by atoms with E-state index in [0.717, 1.165) is 11.1 Å². The van der Waals surface area contributed by atoms with E-state index in [2.05, 4.69) is 0 Å². The zero-order valence-corrected chi connectivity index (χ0v) is 17.4. The number of carbonyl (C=O) groups excluding carboxylic acids is 2. The third-order valence-electron chi connectivity index (χ3n) is 5.27. The first-order chi connectivity index (χ1) is 15.0. The first-order valence-electron chi connectivity index (χ1n) is 10.2. The number of furan rings is 1. The van der Waals surface area contributed by atoms with Crippen molar-refractivity contribution in [3.63, 3.8) is 0 Å². The molecular weight excluding hydrogens is 396 g/mol. The van der Waals surface area contributed by atoms with Crippen molar-refractivity contribution >= 4 is 11.9 Å². The summed E-state index contributed by atoms with van der Waals surface area (Å²) in [4.78, 5) is 25.0. The highest BCUT2D eigenvalue weighted by molar-refractivity contribution is 5.90. The topological polar surface area (TPSA) is 75.0 Å². The van der Waals surface area contributed by atoms with Gasteiger partial charge in [-0.25, -0.2) is 9.59 Å². The Kier molecular flexibility index (Phi) is 6.18. The molecule has 2 aromatic carbocycles. The molecule has 0 aliphatic carbocycles. The van der Waals surface area contributed by atoms with Gasteiger partial charge in [0, 0.05) is 6.42 Å². The van der Waals surface area contributed by atoms with Crippen molar-refractivity contribution in [2.45, 2.75) is 38.6 Å². The second-order valence-electron chi connectivity index (χ2n) is 7.69. The Morgan fingerprint density at radius 2 is 1.52 bits per heavy atom. The maximum Gasteiger partial charge on any atom is 0.338 e. The van der Waals surface area contributed by atoms with Crippen LogP contribution in [0.15, 0.2) is 71.3 Å². The standard InChI is InChI=1S/C25H24O6/c1-16-5-9-18(10-6-16)24(26)29-15-23-22(14-21(30-23)20-4-3-13-28-20)31-25(27)19-11-7-17(2)8-12-19/h3-13,21-23H,14-15H2,1-2H3/t21-,22+,23-/m1/s1. The molecule has 1 fully saturated rings. The molecule has 3 atom stereocenters. The van der Waals surface area contributed by atoms with Crippen LogP contribution in [-0.2, 0) is 14.2 Å². The smallest absolute Gasteiger partial charge is 0.338 e. The van der Waals surface area contributed by atoms with Gasteiger partial charge in [-0.15, -0.1) is 0 Å². The average Bonchev–Trinajstić information content (AvgIpc) is 3.43. The Bertz CT molecular complexity index is 1020. The van der Waals surface area contributed by atoms with Crippen molar-refractivity contribution in [2.75, 3.05) is 6.61 Å². The lowest BCUT2D eigenvalue weighted by atomic mass is 10.1. The van der Waals surface area contributed by atoms with Crippen LogP contribution < -0.4 is 0 Å². The lowest BCUT2D eigenvalue weighted by molar-refractivity contribution is -0.0457. The van der Waals surface area contributed by atoms with E-state index in [9.17, 15) is 9.59 Å². The van der Waals surface area contributed by atoms with Gasteiger partial charge in [-0.1, -0.05) is 35.4 Å². The molecule has 0 amide bonds. The largest absolute Gasteiger partial charge is 0.467 e. The minimum atomic E-state index is -0.598. The van der Waals surface area contributed by atoms with E-state index in [0.29, 0.717) is 23.3 Å². The quantitative estimate of drug-likeness (QED) is 0.533. The number of rotatable bonds is 6. The van der Waals surface area contributed by atoms with Crippen molar-refractivity contribution in [3.8, 4) is 0 Å². The lowest BCUT2D eigenvalue weighted by Gasteiger charge is -2.19. The molecule has 3 aromatic rings. The number of aryl methyl sites for hydroxylation is 2. The van der Waals surface area contributed by atoms with Gasteiger partial charge in [0.2, 0.25) is 0 Å². The van der Waals surface area contributed by atoms with E-state index in [1.54, 1.807) is 36.6 Å². The second kappa shape index (κ2) is 9.18. The molecule has 0 spiro atoms. The van der Waals surface area contributed by atoms with Gasteiger partial charge in [-0.3, -0.25) is 0 Å². The van der Waals surface area contributed by atoms with Crippen LogP contribution in [0.2, 0.25) is 0 Å². The Balaban J connectivity index is 1.44. The highest BCUT2D eigenvalue weighted by atomic mass is 16.6. The normalized spacial score (nSPS) is 20.4. The Morgan fingerprint density at radius 1 is 0.903 bits per heavy atom. The summed E-state index contributed by atoms with van der Waals surface area (Å²) < 4.78 is 22.7. The van der Waals surface area contributed by atoms with Crippen molar-refractivity contribution in [2.24, 2.45) is 0 Å². The summed E-state index contributed by atoms with van der Waals surface area (Å²) in [6.45, 7) is 3.87. The van der Waals surface area contributed by atoms with Gasteiger partial charge in [-0.05, 0) is 50.2 Å². The molecular formula is C25H24O6. The number of hydrogen-bond donors (Lipinski definition) is 0. The highest BCUT2D eigenvalue weighted by Crippen LogP contribution is 2.35. The van der Waals surface area contributed by atoms with Gasteiger partial charge in [0.15, 0.2) is 0 Å². The predicted molar refractivity (Wildman–Crippen MR) is 113 cm³/mol. The molecule has 31 heavy (non-hydrogen) atoms. The highest BCUT2D eigenvalue weighted by Gasteiger charge is 2.40. The van der Waals surface area contributed by atoms with E-state index in [1.165, 1.54) is 0 Å². The maximum absolute atomic E-state index is 12.6.